The molecule has 0 aromatic heterocycles. The molecule has 27 heavy (non-hydrogen) atoms. The Morgan fingerprint density at radius 3 is 2.70 bits per heavy atom. The fourth-order valence-electron chi connectivity index (χ4n) is 3.45. The number of halogens is 1. The highest BCUT2D eigenvalue weighted by molar-refractivity contribution is 5.85. The molecule has 0 bridgehead atoms. The van der Waals surface area contributed by atoms with Crippen LogP contribution in [0.5, 0.6) is 5.75 Å². The zero-order valence-electron chi connectivity index (χ0n) is 16.0. The number of carbonyl (C=O) groups excluding carboxylic acids is 1. The Morgan fingerprint density at radius 2 is 1.96 bits per heavy atom. The van der Waals surface area contributed by atoms with E-state index in [0.29, 0.717) is 19.1 Å². The average molecular weight is 390 g/mol. The van der Waals surface area contributed by atoms with Gasteiger partial charge in [-0.15, -0.1) is 12.4 Å². The number of nitrogens with zero attached hydrogens (tertiary/aromatic N) is 1. The topological polar surface area (TPSA) is 38.8 Å². The second-order valence-corrected chi connectivity index (χ2v) is 6.93. The highest BCUT2D eigenvalue weighted by atomic mass is 35.5. The Balaban J connectivity index is 0.00000261. The van der Waals surface area contributed by atoms with Crippen molar-refractivity contribution >= 4 is 18.3 Å². The lowest BCUT2D eigenvalue weighted by Crippen LogP contribution is -2.48. The minimum absolute atomic E-state index is 0. The Morgan fingerprint density at radius 1 is 1.19 bits per heavy atom. The van der Waals surface area contributed by atoms with E-state index in [1.807, 2.05) is 35.2 Å². The molecule has 2 aromatic rings. The quantitative estimate of drug-likeness (QED) is 0.703. The number of rotatable bonds is 7. The van der Waals surface area contributed by atoms with Gasteiger partial charge in [0, 0.05) is 6.54 Å². The number of hydrogen-bond donors (Lipinski definition) is 0. The Kier molecular flexibility index (Phi) is 8.14. The molecule has 1 fully saturated rings. The van der Waals surface area contributed by atoms with E-state index in [0.717, 1.165) is 24.2 Å². The van der Waals surface area contributed by atoms with Crippen molar-refractivity contribution in [1.82, 2.24) is 4.90 Å². The second-order valence-electron chi connectivity index (χ2n) is 6.93. The highest BCUT2D eigenvalue weighted by Crippen LogP contribution is 2.27. The Bertz CT molecular complexity index is 723. The lowest BCUT2D eigenvalue weighted by molar-refractivity contribution is -0.149. The molecule has 4 nitrogen and oxygen atoms in total. The van der Waals surface area contributed by atoms with Gasteiger partial charge in [-0.05, 0) is 42.0 Å². The number of amides is 1. The predicted molar refractivity (Wildman–Crippen MR) is 109 cm³/mol. The zero-order valence-corrected chi connectivity index (χ0v) is 16.8. The Labute approximate surface area is 167 Å². The molecule has 1 amide bonds. The second kappa shape index (κ2) is 10.3. The zero-order chi connectivity index (χ0) is 18.4. The summed E-state index contributed by atoms with van der Waals surface area (Å²) < 4.78 is 10.8. The molecule has 1 aliphatic rings. The van der Waals surface area contributed by atoms with Gasteiger partial charge in [-0.2, -0.15) is 0 Å². The molecule has 1 heterocycles. The molecule has 0 saturated carbocycles. The van der Waals surface area contributed by atoms with Crippen molar-refractivity contribution in [1.29, 1.82) is 0 Å². The van der Waals surface area contributed by atoms with Crippen LogP contribution in [0.1, 0.15) is 36.8 Å². The van der Waals surface area contributed by atoms with Crippen molar-refractivity contribution < 1.29 is 14.3 Å². The summed E-state index contributed by atoms with van der Waals surface area (Å²) in [4.78, 5) is 14.4. The summed E-state index contributed by atoms with van der Waals surface area (Å²) in [6.07, 6.45) is 1.93. The van der Waals surface area contributed by atoms with Gasteiger partial charge >= 0.3 is 0 Å². The summed E-state index contributed by atoms with van der Waals surface area (Å²) >= 11 is 0. The molecule has 2 atom stereocenters. The smallest absolute Gasteiger partial charge is 0.249 e. The third-order valence-corrected chi connectivity index (χ3v) is 5.09. The summed E-state index contributed by atoms with van der Waals surface area (Å²) in [5.41, 5.74) is 2.43. The van der Waals surface area contributed by atoms with Gasteiger partial charge in [0.1, 0.15) is 12.4 Å². The van der Waals surface area contributed by atoms with Crippen LogP contribution in [0.4, 0.5) is 0 Å². The van der Waals surface area contributed by atoms with Gasteiger partial charge < -0.3 is 14.4 Å². The minimum atomic E-state index is 0. The number of methoxy groups -OCH3 is 1. The van der Waals surface area contributed by atoms with Crippen LogP contribution >= 0.6 is 12.4 Å². The van der Waals surface area contributed by atoms with Crippen LogP contribution in [0.2, 0.25) is 0 Å². The molecule has 5 heteroatoms. The number of morpholine rings is 1. The van der Waals surface area contributed by atoms with Crippen molar-refractivity contribution in [3.63, 3.8) is 0 Å². The SMILES string of the molecule is COc1cccc([C@@H](C)CCC2COCC(=O)N2Cc2ccccc2)c1.Cl. The first-order valence-electron chi connectivity index (χ1n) is 9.22. The Hall–Kier alpha value is -2.04. The minimum Gasteiger partial charge on any atom is -0.497 e. The first-order chi connectivity index (χ1) is 12.7. The van der Waals surface area contributed by atoms with E-state index in [9.17, 15) is 4.79 Å². The summed E-state index contributed by atoms with van der Waals surface area (Å²) in [7, 11) is 1.69. The molecule has 2 aromatic carbocycles. The van der Waals surface area contributed by atoms with Crippen LogP contribution in [0, 0.1) is 0 Å². The van der Waals surface area contributed by atoms with Crippen molar-refractivity contribution in [3.05, 3.63) is 65.7 Å². The van der Waals surface area contributed by atoms with E-state index in [1.54, 1.807) is 7.11 Å². The fraction of sp³-hybridized carbons (Fsp3) is 0.409. The van der Waals surface area contributed by atoms with Crippen LogP contribution in [0.3, 0.4) is 0 Å². The van der Waals surface area contributed by atoms with E-state index in [1.165, 1.54) is 5.56 Å². The highest BCUT2D eigenvalue weighted by Gasteiger charge is 2.29. The summed E-state index contributed by atoms with van der Waals surface area (Å²) in [6, 6.07) is 18.5. The molecule has 1 unspecified atom stereocenters. The van der Waals surface area contributed by atoms with Crippen molar-refractivity contribution in [2.75, 3.05) is 20.3 Å². The third kappa shape index (κ3) is 5.72. The van der Waals surface area contributed by atoms with Crippen molar-refractivity contribution in [2.45, 2.75) is 38.3 Å². The van der Waals surface area contributed by atoms with E-state index < -0.39 is 0 Å². The van der Waals surface area contributed by atoms with Gasteiger partial charge in [-0.1, -0.05) is 49.4 Å². The molecule has 1 aliphatic heterocycles. The van der Waals surface area contributed by atoms with E-state index in [4.69, 9.17) is 9.47 Å². The molecule has 146 valence electrons. The lowest BCUT2D eigenvalue weighted by Gasteiger charge is -2.36. The molecule has 0 spiro atoms. The maximum Gasteiger partial charge on any atom is 0.249 e. The predicted octanol–water partition coefficient (Wildman–Crippen LogP) is 4.43. The molecule has 0 N–H and O–H groups in total. The largest absolute Gasteiger partial charge is 0.497 e. The third-order valence-electron chi connectivity index (χ3n) is 5.09. The van der Waals surface area contributed by atoms with Crippen LogP contribution in [-0.2, 0) is 16.1 Å². The maximum atomic E-state index is 12.4. The van der Waals surface area contributed by atoms with E-state index >= 15 is 0 Å². The normalized spacial score (nSPS) is 17.9. The fourth-order valence-corrected chi connectivity index (χ4v) is 3.45. The molecular weight excluding hydrogens is 362 g/mol. The first kappa shape index (κ1) is 21.3. The van der Waals surface area contributed by atoms with E-state index in [2.05, 4.69) is 31.2 Å². The van der Waals surface area contributed by atoms with Gasteiger partial charge in [0.25, 0.3) is 0 Å². The molecule has 3 rings (SSSR count). The number of ether oxygens (including phenoxy) is 2. The average Bonchev–Trinajstić information content (AvgIpc) is 2.69. The molecular formula is C22H28ClNO3. The van der Waals surface area contributed by atoms with Gasteiger partial charge in [0.05, 0.1) is 19.8 Å². The number of hydrogen-bond acceptors (Lipinski definition) is 3. The van der Waals surface area contributed by atoms with Crippen LogP contribution in [0.15, 0.2) is 54.6 Å². The first-order valence-corrected chi connectivity index (χ1v) is 9.22. The molecule has 1 saturated heterocycles. The van der Waals surface area contributed by atoms with Gasteiger partial charge in [0.2, 0.25) is 5.91 Å². The number of carbonyl (C=O) groups is 1. The lowest BCUT2D eigenvalue weighted by atomic mass is 9.93. The molecule has 0 aliphatic carbocycles. The van der Waals surface area contributed by atoms with Crippen LogP contribution < -0.4 is 4.74 Å². The standard InChI is InChI=1S/C22H27NO3.ClH/c1-17(19-9-6-10-21(13-19)25-2)11-12-20-15-26-16-22(24)23(20)14-18-7-4-3-5-8-18;/h3-10,13,17,20H,11-12,14-16H2,1-2H3;1H/t17-,20?;/m0./s1. The van der Waals surface area contributed by atoms with Gasteiger partial charge in [-0.25, -0.2) is 0 Å². The van der Waals surface area contributed by atoms with Crippen molar-refractivity contribution in [3.8, 4) is 5.75 Å². The van der Waals surface area contributed by atoms with Crippen molar-refractivity contribution in [2.24, 2.45) is 0 Å². The number of benzene rings is 2. The van der Waals surface area contributed by atoms with Crippen LogP contribution in [0.25, 0.3) is 0 Å². The van der Waals surface area contributed by atoms with E-state index in [-0.39, 0.29) is 31.0 Å². The monoisotopic (exact) mass is 389 g/mol. The summed E-state index contributed by atoms with van der Waals surface area (Å²) in [5.74, 6) is 1.37. The van der Waals surface area contributed by atoms with Gasteiger partial charge in [0.15, 0.2) is 0 Å². The summed E-state index contributed by atoms with van der Waals surface area (Å²) in [5, 5.41) is 0. The maximum absolute atomic E-state index is 12.4. The van der Waals surface area contributed by atoms with Crippen LogP contribution in [-0.4, -0.2) is 37.2 Å². The summed E-state index contributed by atoms with van der Waals surface area (Å²) in [6.45, 7) is 3.68. The van der Waals surface area contributed by atoms with Gasteiger partial charge in [-0.3, -0.25) is 4.79 Å². The molecule has 0 radical (unpaired) electrons.